The number of ether oxygens (including phenoxy) is 2. The Morgan fingerprint density at radius 2 is 1.88 bits per heavy atom. The Morgan fingerprint density at radius 1 is 1.12 bits per heavy atom. The van der Waals surface area contributed by atoms with Crippen LogP contribution in [0.1, 0.15) is 19.3 Å². The van der Waals surface area contributed by atoms with Gasteiger partial charge in [0.05, 0.1) is 18.1 Å². The molecule has 3 fully saturated rings. The van der Waals surface area contributed by atoms with Gasteiger partial charge in [0.1, 0.15) is 5.72 Å². The van der Waals surface area contributed by atoms with Gasteiger partial charge in [-0.3, -0.25) is 5.32 Å². The van der Waals surface area contributed by atoms with Crippen LogP contribution in [0.2, 0.25) is 0 Å². The summed E-state index contributed by atoms with van der Waals surface area (Å²) in [5, 5.41) is 3.35. The molecule has 2 spiro atoms. The van der Waals surface area contributed by atoms with Gasteiger partial charge >= 0.3 is 0 Å². The van der Waals surface area contributed by atoms with E-state index < -0.39 is 15.6 Å². The van der Waals surface area contributed by atoms with Crippen LogP contribution in [0.3, 0.4) is 0 Å². The summed E-state index contributed by atoms with van der Waals surface area (Å²) in [5.74, 6) is 0.378. The number of hydrogen-bond acceptors (Lipinski definition) is 5. The van der Waals surface area contributed by atoms with Gasteiger partial charge in [0.15, 0.2) is 9.84 Å². The highest BCUT2D eigenvalue weighted by Crippen LogP contribution is 2.38. The zero-order valence-corrected chi connectivity index (χ0v) is 10.7. The van der Waals surface area contributed by atoms with Crippen molar-refractivity contribution in [2.45, 2.75) is 25.0 Å². The van der Waals surface area contributed by atoms with Gasteiger partial charge in [-0.1, -0.05) is 0 Å². The van der Waals surface area contributed by atoms with Gasteiger partial charge in [-0.15, -0.1) is 0 Å². The average molecular weight is 261 g/mol. The maximum Gasteiger partial charge on any atom is 0.154 e. The topological polar surface area (TPSA) is 64.6 Å². The first kappa shape index (κ1) is 11.9. The molecule has 17 heavy (non-hydrogen) atoms. The van der Waals surface area contributed by atoms with Crippen LogP contribution < -0.4 is 5.32 Å². The van der Waals surface area contributed by atoms with Crippen LogP contribution in [-0.4, -0.2) is 52.0 Å². The first-order valence-corrected chi connectivity index (χ1v) is 8.03. The van der Waals surface area contributed by atoms with Crippen LogP contribution in [-0.2, 0) is 19.3 Å². The summed E-state index contributed by atoms with van der Waals surface area (Å²) in [4.78, 5) is 0. The molecule has 0 radical (unpaired) electrons. The average Bonchev–Trinajstić information content (AvgIpc) is 2.62. The summed E-state index contributed by atoms with van der Waals surface area (Å²) in [6.07, 6.45) is 2.59. The molecule has 3 aliphatic heterocycles. The summed E-state index contributed by atoms with van der Waals surface area (Å²) in [6, 6.07) is 0. The summed E-state index contributed by atoms with van der Waals surface area (Å²) in [6.45, 7) is 3.09. The SMILES string of the molecule is O=S1(=O)CCC2(C1)NCC1(CCOCC1)CO2. The largest absolute Gasteiger partial charge is 0.381 e. The fraction of sp³-hybridized carbons (Fsp3) is 1.00. The van der Waals surface area contributed by atoms with Crippen molar-refractivity contribution in [1.29, 1.82) is 0 Å². The van der Waals surface area contributed by atoms with Crippen molar-refractivity contribution in [2.75, 3.05) is 37.9 Å². The third kappa shape index (κ3) is 2.23. The smallest absolute Gasteiger partial charge is 0.154 e. The van der Waals surface area contributed by atoms with Gasteiger partial charge < -0.3 is 9.47 Å². The zero-order valence-electron chi connectivity index (χ0n) is 9.91. The van der Waals surface area contributed by atoms with E-state index >= 15 is 0 Å². The lowest BCUT2D eigenvalue weighted by Gasteiger charge is -2.47. The molecule has 1 atom stereocenters. The highest BCUT2D eigenvalue weighted by atomic mass is 32.2. The summed E-state index contributed by atoms with van der Waals surface area (Å²) in [5.41, 5.74) is -0.432. The molecular weight excluding hydrogens is 242 g/mol. The molecule has 5 nitrogen and oxygen atoms in total. The third-order valence-electron chi connectivity index (χ3n) is 4.26. The molecule has 1 unspecified atom stereocenters. The fourth-order valence-electron chi connectivity index (χ4n) is 2.94. The molecule has 0 aromatic heterocycles. The lowest BCUT2D eigenvalue weighted by atomic mass is 9.79. The van der Waals surface area contributed by atoms with Gasteiger partial charge in [0.2, 0.25) is 0 Å². The standard InChI is InChI=1S/C11H19NO4S/c13-17(14)6-3-11(9-17)12-7-10(8-16-11)1-4-15-5-2-10/h12H,1-9H2. The predicted octanol–water partition coefficient (Wildman–Crippen LogP) is -0.0822. The van der Waals surface area contributed by atoms with Crippen LogP contribution in [0, 0.1) is 5.41 Å². The van der Waals surface area contributed by atoms with Gasteiger partial charge in [0, 0.05) is 31.6 Å². The zero-order chi connectivity index (χ0) is 12.0. The lowest BCUT2D eigenvalue weighted by molar-refractivity contribution is -0.153. The Kier molecular flexibility index (Phi) is 2.74. The minimum absolute atomic E-state index is 0.132. The molecule has 3 rings (SSSR count). The Morgan fingerprint density at radius 3 is 2.41 bits per heavy atom. The van der Waals surface area contributed by atoms with E-state index in [1.54, 1.807) is 0 Å². The summed E-state index contributed by atoms with van der Waals surface area (Å²) < 4.78 is 34.3. The molecule has 0 aromatic rings. The number of sulfone groups is 1. The predicted molar refractivity (Wildman–Crippen MR) is 62.4 cm³/mol. The number of rotatable bonds is 0. The lowest BCUT2D eigenvalue weighted by Crippen LogP contribution is -2.60. The van der Waals surface area contributed by atoms with Gasteiger partial charge in [-0.2, -0.15) is 0 Å². The molecule has 98 valence electrons. The second kappa shape index (κ2) is 3.91. The molecule has 6 heteroatoms. The van der Waals surface area contributed by atoms with Crippen molar-refractivity contribution >= 4 is 9.84 Å². The minimum atomic E-state index is -2.91. The second-order valence-electron chi connectivity index (χ2n) is 5.59. The van der Waals surface area contributed by atoms with E-state index in [0.29, 0.717) is 13.0 Å². The van der Waals surface area contributed by atoms with Crippen LogP contribution in [0.15, 0.2) is 0 Å². The van der Waals surface area contributed by atoms with Crippen LogP contribution in [0.4, 0.5) is 0 Å². The maximum atomic E-state index is 11.5. The fourth-order valence-corrected chi connectivity index (χ4v) is 4.77. The molecule has 0 aromatic carbocycles. The Hall–Kier alpha value is -0.170. The first-order valence-electron chi connectivity index (χ1n) is 6.21. The maximum absolute atomic E-state index is 11.5. The molecule has 0 saturated carbocycles. The Bertz CT molecular complexity index is 390. The molecule has 3 aliphatic rings. The first-order chi connectivity index (χ1) is 8.04. The summed E-state index contributed by atoms with van der Waals surface area (Å²) >= 11 is 0. The number of nitrogens with one attached hydrogen (secondary N) is 1. The van der Waals surface area contributed by atoms with E-state index in [4.69, 9.17) is 9.47 Å². The van der Waals surface area contributed by atoms with Crippen molar-refractivity contribution in [1.82, 2.24) is 5.32 Å². The molecule has 3 heterocycles. The Labute approximate surface area is 102 Å². The van der Waals surface area contributed by atoms with Crippen molar-refractivity contribution in [3.63, 3.8) is 0 Å². The quantitative estimate of drug-likeness (QED) is 0.660. The monoisotopic (exact) mass is 261 g/mol. The van der Waals surface area contributed by atoms with Crippen LogP contribution in [0.5, 0.6) is 0 Å². The van der Waals surface area contributed by atoms with Crippen molar-refractivity contribution < 1.29 is 17.9 Å². The number of hydrogen-bond donors (Lipinski definition) is 1. The van der Waals surface area contributed by atoms with E-state index in [1.807, 2.05) is 0 Å². The summed E-state index contributed by atoms with van der Waals surface area (Å²) in [7, 11) is -2.91. The van der Waals surface area contributed by atoms with E-state index in [2.05, 4.69) is 5.32 Å². The molecule has 0 aliphatic carbocycles. The third-order valence-corrected chi connectivity index (χ3v) is 6.00. The highest BCUT2D eigenvalue weighted by molar-refractivity contribution is 7.91. The molecule has 0 bridgehead atoms. The van der Waals surface area contributed by atoms with Gasteiger partial charge in [-0.25, -0.2) is 8.42 Å². The molecule has 0 amide bonds. The van der Waals surface area contributed by atoms with E-state index in [0.717, 1.165) is 32.6 Å². The molecule has 1 N–H and O–H groups in total. The van der Waals surface area contributed by atoms with Crippen molar-refractivity contribution in [3.8, 4) is 0 Å². The minimum Gasteiger partial charge on any atom is -0.381 e. The van der Waals surface area contributed by atoms with Crippen molar-refractivity contribution in [2.24, 2.45) is 5.41 Å². The highest BCUT2D eigenvalue weighted by Gasteiger charge is 2.49. The Balaban J connectivity index is 1.68. The van der Waals surface area contributed by atoms with Crippen LogP contribution >= 0.6 is 0 Å². The molecule has 3 saturated heterocycles. The van der Waals surface area contributed by atoms with Gasteiger partial charge in [-0.05, 0) is 12.8 Å². The van der Waals surface area contributed by atoms with E-state index in [-0.39, 0.29) is 16.9 Å². The van der Waals surface area contributed by atoms with Gasteiger partial charge in [0.25, 0.3) is 0 Å². The van der Waals surface area contributed by atoms with E-state index in [1.165, 1.54) is 0 Å². The van der Waals surface area contributed by atoms with Crippen molar-refractivity contribution in [3.05, 3.63) is 0 Å². The normalized spacial score (nSPS) is 39.8. The van der Waals surface area contributed by atoms with Crippen LogP contribution in [0.25, 0.3) is 0 Å². The van der Waals surface area contributed by atoms with E-state index in [9.17, 15) is 8.42 Å². The molecular formula is C11H19NO4S. The second-order valence-corrected chi connectivity index (χ2v) is 7.77.